The number of rotatable bonds is 4. The zero-order valence-electron chi connectivity index (χ0n) is 10.6. The molecule has 9 heteroatoms. The molecule has 0 aliphatic carbocycles. The molecule has 0 bridgehead atoms. The SMILES string of the molecule is Clc1nc(NCc2ccc(Br)cc2)nc(-n2cncn2)n1. The Morgan fingerprint density at radius 3 is 2.67 bits per heavy atom. The zero-order valence-corrected chi connectivity index (χ0v) is 13.0. The van der Waals surface area contributed by atoms with Gasteiger partial charge in [0.1, 0.15) is 12.7 Å². The number of halogens is 2. The molecule has 0 saturated carbocycles. The van der Waals surface area contributed by atoms with Gasteiger partial charge in [0, 0.05) is 11.0 Å². The first-order chi connectivity index (χ1) is 10.2. The topological polar surface area (TPSA) is 81.4 Å². The lowest BCUT2D eigenvalue weighted by molar-refractivity contribution is 0.793. The largest absolute Gasteiger partial charge is 0.350 e. The number of anilines is 1. The van der Waals surface area contributed by atoms with E-state index in [1.165, 1.54) is 17.3 Å². The monoisotopic (exact) mass is 365 g/mol. The second kappa shape index (κ2) is 6.15. The molecule has 0 atom stereocenters. The van der Waals surface area contributed by atoms with Crippen LogP contribution in [0.2, 0.25) is 5.28 Å². The van der Waals surface area contributed by atoms with Crippen molar-refractivity contribution in [3.8, 4) is 5.95 Å². The molecule has 0 spiro atoms. The molecule has 0 amide bonds. The Hall–Kier alpha value is -2.06. The minimum absolute atomic E-state index is 0.0915. The van der Waals surface area contributed by atoms with E-state index < -0.39 is 0 Å². The normalized spacial score (nSPS) is 10.6. The Labute approximate surface area is 133 Å². The first-order valence-electron chi connectivity index (χ1n) is 5.95. The Bertz CT molecular complexity index is 730. The molecule has 106 valence electrons. The van der Waals surface area contributed by atoms with Crippen LogP contribution in [-0.2, 0) is 6.54 Å². The fourth-order valence-electron chi connectivity index (χ4n) is 1.62. The lowest BCUT2D eigenvalue weighted by Crippen LogP contribution is -2.09. The number of benzene rings is 1. The van der Waals surface area contributed by atoms with Gasteiger partial charge in [0.2, 0.25) is 11.2 Å². The number of hydrogen-bond donors (Lipinski definition) is 1. The molecule has 1 aromatic carbocycles. The third-order valence-electron chi connectivity index (χ3n) is 2.58. The summed E-state index contributed by atoms with van der Waals surface area (Å²) < 4.78 is 2.45. The predicted molar refractivity (Wildman–Crippen MR) is 81.2 cm³/mol. The standard InChI is InChI=1S/C12H9BrClN7/c13-9-3-1-8(2-4-9)5-16-11-18-10(14)19-12(20-11)21-7-15-6-17-21/h1-4,6-7H,5H2,(H,16,18,19,20). The maximum absolute atomic E-state index is 5.90. The number of nitrogens with zero attached hydrogens (tertiary/aromatic N) is 6. The van der Waals surface area contributed by atoms with Crippen molar-refractivity contribution in [2.75, 3.05) is 5.32 Å². The summed E-state index contributed by atoms with van der Waals surface area (Å²) >= 11 is 9.30. The van der Waals surface area contributed by atoms with Crippen LogP contribution in [0, 0.1) is 0 Å². The average molecular weight is 367 g/mol. The van der Waals surface area contributed by atoms with Crippen LogP contribution in [0.4, 0.5) is 5.95 Å². The van der Waals surface area contributed by atoms with Gasteiger partial charge in [-0.3, -0.25) is 0 Å². The number of nitrogens with one attached hydrogen (secondary N) is 1. The average Bonchev–Trinajstić information content (AvgIpc) is 3.00. The molecule has 21 heavy (non-hydrogen) atoms. The van der Waals surface area contributed by atoms with Crippen molar-refractivity contribution in [1.82, 2.24) is 29.7 Å². The Kier molecular flexibility index (Phi) is 4.07. The zero-order chi connectivity index (χ0) is 14.7. The Morgan fingerprint density at radius 1 is 1.14 bits per heavy atom. The minimum Gasteiger partial charge on any atom is -0.350 e. The molecular weight excluding hydrogens is 358 g/mol. The number of aromatic nitrogens is 6. The first-order valence-corrected chi connectivity index (χ1v) is 7.13. The Morgan fingerprint density at radius 2 is 1.95 bits per heavy atom. The first kappa shape index (κ1) is 13.9. The van der Waals surface area contributed by atoms with E-state index in [0.717, 1.165) is 10.0 Å². The van der Waals surface area contributed by atoms with Crippen molar-refractivity contribution in [1.29, 1.82) is 0 Å². The summed E-state index contributed by atoms with van der Waals surface area (Å²) in [5.74, 6) is 0.689. The molecule has 0 unspecified atom stereocenters. The van der Waals surface area contributed by atoms with E-state index in [2.05, 4.69) is 46.3 Å². The molecule has 7 nitrogen and oxygen atoms in total. The van der Waals surface area contributed by atoms with Gasteiger partial charge in [-0.1, -0.05) is 28.1 Å². The van der Waals surface area contributed by atoms with Crippen molar-refractivity contribution < 1.29 is 0 Å². The van der Waals surface area contributed by atoms with E-state index >= 15 is 0 Å². The van der Waals surface area contributed by atoms with Crippen LogP contribution in [0.15, 0.2) is 41.4 Å². The van der Waals surface area contributed by atoms with E-state index in [-0.39, 0.29) is 5.28 Å². The molecule has 3 rings (SSSR count). The van der Waals surface area contributed by atoms with Gasteiger partial charge in [-0.05, 0) is 29.3 Å². The summed E-state index contributed by atoms with van der Waals surface area (Å²) in [6, 6.07) is 7.94. The molecule has 0 aliphatic rings. The van der Waals surface area contributed by atoms with Gasteiger partial charge >= 0.3 is 0 Å². The summed E-state index contributed by atoms with van der Waals surface area (Å²) in [6.45, 7) is 0.574. The van der Waals surface area contributed by atoms with Gasteiger partial charge in [-0.15, -0.1) is 0 Å². The van der Waals surface area contributed by atoms with Crippen LogP contribution >= 0.6 is 27.5 Å². The third-order valence-corrected chi connectivity index (χ3v) is 3.28. The molecule has 2 heterocycles. The second-order valence-electron chi connectivity index (χ2n) is 4.05. The summed E-state index contributed by atoms with van der Waals surface area (Å²) in [7, 11) is 0. The summed E-state index contributed by atoms with van der Waals surface area (Å²) in [5.41, 5.74) is 1.09. The minimum atomic E-state index is 0.0915. The van der Waals surface area contributed by atoms with E-state index in [0.29, 0.717) is 18.4 Å². The molecule has 0 radical (unpaired) electrons. The van der Waals surface area contributed by atoms with Gasteiger partial charge in [0.25, 0.3) is 5.95 Å². The van der Waals surface area contributed by atoms with Crippen LogP contribution in [0.1, 0.15) is 5.56 Å². The van der Waals surface area contributed by atoms with E-state index in [9.17, 15) is 0 Å². The van der Waals surface area contributed by atoms with E-state index in [1.807, 2.05) is 24.3 Å². The van der Waals surface area contributed by atoms with Crippen LogP contribution < -0.4 is 5.32 Å². The fraction of sp³-hybridized carbons (Fsp3) is 0.0833. The van der Waals surface area contributed by atoms with Crippen molar-refractivity contribution in [2.45, 2.75) is 6.54 Å². The number of hydrogen-bond acceptors (Lipinski definition) is 6. The molecule has 0 fully saturated rings. The summed E-state index contributed by atoms with van der Waals surface area (Å²) in [6.07, 6.45) is 2.89. The smallest absolute Gasteiger partial charge is 0.258 e. The maximum Gasteiger partial charge on any atom is 0.258 e. The van der Waals surface area contributed by atoms with Crippen LogP contribution in [0.25, 0.3) is 5.95 Å². The van der Waals surface area contributed by atoms with Crippen molar-refractivity contribution in [3.05, 3.63) is 52.2 Å². The van der Waals surface area contributed by atoms with Gasteiger partial charge in [0.05, 0.1) is 0 Å². The second-order valence-corrected chi connectivity index (χ2v) is 5.30. The summed E-state index contributed by atoms with van der Waals surface area (Å²) in [5, 5.41) is 7.15. The molecule has 0 saturated heterocycles. The summed E-state index contributed by atoms with van der Waals surface area (Å²) in [4.78, 5) is 16.1. The van der Waals surface area contributed by atoms with Gasteiger partial charge in [-0.2, -0.15) is 24.7 Å². The highest BCUT2D eigenvalue weighted by atomic mass is 79.9. The lowest BCUT2D eigenvalue weighted by Gasteiger charge is -2.06. The molecule has 0 aliphatic heterocycles. The molecule has 3 aromatic rings. The Balaban J connectivity index is 1.78. The van der Waals surface area contributed by atoms with Gasteiger partial charge in [0.15, 0.2) is 0 Å². The van der Waals surface area contributed by atoms with E-state index in [1.54, 1.807) is 0 Å². The van der Waals surface area contributed by atoms with Crippen molar-refractivity contribution in [2.24, 2.45) is 0 Å². The van der Waals surface area contributed by atoms with E-state index in [4.69, 9.17) is 11.6 Å². The lowest BCUT2D eigenvalue weighted by atomic mass is 10.2. The van der Waals surface area contributed by atoms with Gasteiger partial charge < -0.3 is 5.32 Å². The molecule has 1 N–H and O–H groups in total. The maximum atomic E-state index is 5.90. The molecular formula is C12H9BrClN7. The van der Waals surface area contributed by atoms with Gasteiger partial charge in [-0.25, -0.2) is 4.98 Å². The third kappa shape index (κ3) is 3.53. The van der Waals surface area contributed by atoms with Crippen molar-refractivity contribution in [3.63, 3.8) is 0 Å². The highest BCUT2D eigenvalue weighted by molar-refractivity contribution is 9.10. The van der Waals surface area contributed by atoms with Crippen LogP contribution in [-0.4, -0.2) is 29.7 Å². The quantitative estimate of drug-likeness (QED) is 0.764. The highest BCUT2D eigenvalue weighted by Crippen LogP contribution is 2.13. The van der Waals surface area contributed by atoms with Crippen LogP contribution in [0.5, 0.6) is 0 Å². The van der Waals surface area contributed by atoms with Crippen molar-refractivity contribution >= 4 is 33.5 Å². The highest BCUT2D eigenvalue weighted by Gasteiger charge is 2.07. The molecule has 2 aromatic heterocycles. The predicted octanol–water partition coefficient (Wildman–Crippen LogP) is 2.48. The fourth-order valence-corrected chi connectivity index (χ4v) is 2.04. The van der Waals surface area contributed by atoms with Crippen LogP contribution in [0.3, 0.4) is 0 Å².